The summed E-state index contributed by atoms with van der Waals surface area (Å²) < 4.78 is 38.1. The summed E-state index contributed by atoms with van der Waals surface area (Å²) in [5.74, 6) is 0. The summed E-state index contributed by atoms with van der Waals surface area (Å²) in [6.45, 7) is 10.5. The molecule has 17 nitrogen and oxygen atoms in total. The predicted octanol–water partition coefficient (Wildman–Crippen LogP) is 4.98. The monoisotopic (exact) mass is 851 g/mol. The van der Waals surface area contributed by atoms with E-state index in [0.717, 1.165) is 27.6 Å². The summed E-state index contributed by atoms with van der Waals surface area (Å²) in [7, 11) is -4.31. The first-order valence-corrected chi connectivity index (χ1v) is 20.7. The SMILES string of the molecule is CC(C)(C)OC(=O)N[C@@H](Cc1ccccc1)C(O)CN(CCC#N)S(=O)(=O)c1cccc([N+](=O)[O-])c1.CC(C)(C)OC(=O)N[C@@H](Cc1ccccc1)[C@H](O)CNCCC#N. The number of nitriles is 2. The Morgan fingerprint density at radius 3 is 1.72 bits per heavy atom. The lowest BCUT2D eigenvalue weighted by atomic mass is 10.0. The van der Waals surface area contributed by atoms with Gasteiger partial charge in [0.15, 0.2) is 0 Å². The molecule has 0 fully saturated rings. The normalized spacial score (nSPS) is 13.5. The number of hydrogen-bond acceptors (Lipinski definition) is 13. The van der Waals surface area contributed by atoms with Crippen molar-refractivity contribution in [3.05, 3.63) is 106 Å². The van der Waals surface area contributed by atoms with Gasteiger partial charge in [-0.3, -0.25) is 10.1 Å². The van der Waals surface area contributed by atoms with E-state index in [1.54, 1.807) is 65.8 Å². The number of nitro benzene ring substituents is 1. The summed E-state index contributed by atoms with van der Waals surface area (Å²) in [5, 5.41) is 58.5. The first-order chi connectivity index (χ1) is 28.1. The lowest BCUT2D eigenvalue weighted by Crippen LogP contribution is -2.51. The van der Waals surface area contributed by atoms with Crippen molar-refractivity contribution in [3.63, 3.8) is 0 Å². The van der Waals surface area contributed by atoms with Crippen LogP contribution in [-0.4, -0.2) is 102 Å². The number of rotatable bonds is 19. The van der Waals surface area contributed by atoms with Gasteiger partial charge in [0.1, 0.15) is 11.2 Å². The van der Waals surface area contributed by atoms with Gasteiger partial charge < -0.3 is 35.6 Å². The number of sulfonamides is 1. The molecule has 0 aromatic heterocycles. The van der Waals surface area contributed by atoms with Crippen molar-refractivity contribution < 1.29 is 42.6 Å². The van der Waals surface area contributed by atoms with Crippen LogP contribution in [-0.2, 0) is 32.3 Å². The third-order valence-corrected chi connectivity index (χ3v) is 10.1. The minimum absolute atomic E-state index is 0.171. The highest BCUT2D eigenvalue weighted by atomic mass is 32.2. The number of nitrogens with one attached hydrogen (secondary N) is 3. The van der Waals surface area contributed by atoms with Gasteiger partial charge in [-0.2, -0.15) is 14.8 Å². The van der Waals surface area contributed by atoms with Gasteiger partial charge >= 0.3 is 12.2 Å². The van der Waals surface area contributed by atoms with Gasteiger partial charge in [-0.1, -0.05) is 66.7 Å². The third kappa shape index (κ3) is 19.4. The highest BCUT2D eigenvalue weighted by Gasteiger charge is 2.32. The molecule has 0 aliphatic carbocycles. The molecule has 0 saturated carbocycles. The van der Waals surface area contributed by atoms with E-state index in [4.69, 9.17) is 20.0 Å². The van der Waals surface area contributed by atoms with Gasteiger partial charge in [-0.25, -0.2) is 18.0 Å². The first-order valence-electron chi connectivity index (χ1n) is 19.3. The van der Waals surface area contributed by atoms with Gasteiger partial charge in [0.25, 0.3) is 5.69 Å². The number of hydrogen-bond donors (Lipinski definition) is 5. The van der Waals surface area contributed by atoms with Crippen LogP contribution >= 0.6 is 0 Å². The molecule has 5 N–H and O–H groups in total. The fraction of sp³-hybridized carbons (Fsp3) is 0.476. The van der Waals surface area contributed by atoms with Gasteiger partial charge in [0.2, 0.25) is 10.0 Å². The molecule has 0 spiro atoms. The quantitative estimate of drug-likeness (QED) is 0.0607. The largest absolute Gasteiger partial charge is 0.444 e. The van der Waals surface area contributed by atoms with E-state index in [0.29, 0.717) is 19.4 Å². The zero-order valence-electron chi connectivity index (χ0n) is 34.9. The van der Waals surface area contributed by atoms with Gasteiger partial charge in [-0.05, 0) is 71.6 Å². The van der Waals surface area contributed by atoms with Crippen molar-refractivity contribution >= 4 is 27.9 Å². The molecule has 3 aromatic rings. The average molecular weight is 852 g/mol. The molecule has 18 heteroatoms. The molecule has 3 aromatic carbocycles. The smallest absolute Gasteiger partial charge is 0.407 e. The molecule has 0 radical (unpaired) electrons. The molecule has 0 saturated heterocycles. The fourth-order valence-corrected chi connectivity index (χ4v) is 6.98. The second kappa shape index (κ2) is 24.5. The summed E-state index contributed by atoms with van der Waals surface area (Å²) in [5.41, 5.74) is -0.0174. The lowest BCUT2D eigenvalue weighted by Gasteiger charge is -2.30. The molecule has 4 atom stereocenters. The van der Waals surface area contributed by atoms with E-state index in [1.807, 2.05) is 48.5 Å². The Morgan fingerprint density at radius 1 is 0.783 bits per heavy atom. The Morgan fingerprint density at radius 2 is 1.27 bits per heavy atom. The second-order valence-electron chi connectivity index (χ2n) is 15.7. The fourth-order valence-electron chi connectivity index (χ4n) is 5.48. The number of nitro groups is 1. The van der Waals surface area contributed by atoms with Crippen molar-refractivity contribution in [1.29, 1.82) is 10.5 Å². The number of benzene rings is 3. The topological polar surface area (TPSA) is 257 Å². The van der Waals surface area contributed by atoms with E-state index >= 15 is 0 Å². The van der Waals surface area contributed by atoms with Gasteiger partial charge in [0.05, 0.1) is 46.2 Å². The van der Waals surface area contributed by atoms with Gasteiger partial charge in [-0.15, -0.1) is 0 Å². The van der Waals surface area contributed by atoms with Crippen LogP contribution in [0.4, 0.5) is 15.3 Å². The second-order valence-corrected chi connectivity index (χ2v) is 17.6. The van der Waals surface area contributed by atoms with Crippen molar-refractivity contribution in [2.75, 3.05) is 26.2 Å². The summed E-state index contributed by atoms with van der Waals surface area (Å²) >= 11 is 0. The molecule has 0 aliphatic rings. The number of ether oxygens (including phenoxy) is 2. The highest BCUT2D eigenvalue weighted by Crippen LogP contribution is 2.22. The zero-order valence-corrected chi connectivity index (χ0v) is 35.7. The highest BCUT2D eigenvalue weighted by molar-refractivity contribution is 7.89. The van der Waals surface area contributed by atoms with Crippen LogP contribution in [0.2, 0.25) is 0 Å². The average Bonchev–Trinajstić information content (AvgIpc) is 3.17. The van der Waals surface area contributed by atoms with E-state index in [-0.39, 0.29) is 30.8 Å². The van der Waals surface area contributed by atoms with E-state index in [2.05, 4.69) is 16.0 Å². The van der Waals surface area contributed by atoms with E-state index in [1.165, 1.54) is 12.1 Å². The summed E-state index contributed by atoms with van der Waals surface area (Å²) in [6.07, 6.45) is -2.68. The van der Waals surface area contributed by atoms with Crippen molar-refractivity contribution in [2.45, 2.75) is 108 Å². The Balaban J connectivity index is 0.000000449. The predicted molar refractivity (Wildman–Crippen MR) is 224 cm³/mol. The minimum Gasteiger partial charge on any atom is -0.444 e. The summed E-state index contributed by atoms with van der Waals surface area (Å²) in [6, 6.07) is 25.6. The Bertz CT molecular complexity index is 1990. The molecule has 0 aliphatic heterocycles. The number of carbonyl (C=O) groups excluding carboxylic acids is 2. The zero-order chi connectivity index (χ0) is 44.9. The van der Waals surface area contributed by atoms with Gasteiger partial charge in [0, 0.05) is 51.2 Å². The number of non-ortho nitro benzene ring substituents is 1. The molecule has 2 amide bonds. The van der Waals surface area contributed by atoms with Crippen molar-refractivity contribution in [3.8, 4) is 12.1 Å². The maximum Gasteiger partial charge on any atom is 0.407 e. The molecule has 60 heavy (non-hydrogen) atoms. The number of nitrogens with zero attached hydrogens (tertiary/aromatic N) is 4. The maximum absolute atomic E-state index is 13.3. The van der Waals surface area contributed by atoms with E-state index < -0.39 is 74.9 Å². The van der Waals surface area contributed by atoms with Crippen molar-refractivity contribution in [1.82, 2.24) is 20.3 Å². The Labute approximate surface area is 352 Å². The van der Waals surface area contributed by atoms with Crippen LogP contribution in [0.1, 0.15) is 65.5 Å². The third-order valence-electron chi connectivity index (χ3n) is 8.23. The van der Waals surface area contributed by atoms with Crippen LogP contribution in [0.15, 0.2) is 89.8 Å². The summed E-state index contributed by atoms with van der Waals surface area (Å²) in [4.78, 5) is 34.6. The number of alkyl carbamates (subject to hydrolysis) is 2. The standard InChI is InChI=1S/C24H30N4O7S.C18H27N3O3/c1-24(2,3)35-23(30)26-21(15-18-9-5-4-6-10-18)22(29)17-27(14-8-13-25)36(33,34)20-12-7-11-19(16-20)28(31)32;1-18(2,3)24-17(23)21-15(12-14-8-5-4-6-9-14)16(22)13-20-11-7-10-19/h4-7,9-12,16,21-22,29H,8,14-15,17H2,1-3H3,(H,26,30);4-6,8-9,15-16,20,22H,7,11-13H2,1-3H3,(H,21,23)/t21-,22?;15-,16+/m00/s1. The molecule has 326 valence electrons. The van der Waals surface area contributed by atoms with Crippen LogP contribution in [0.25, 0.3) is 0 Å². The maximum atomic E-state index is 13.3. The lowest BCUT2D eigenvalue weighted by molar-refractivity contribution is -0.385. The molecular weight excluding hydrogens is 795 g/mol. The molecule has 0 heterocycles. The van der Waals surface area contributed by atoms with Crippen LogP contribution in [0.3, 0.4) is 0 Å². The minimum atomic E-state index is -4.31. The molecule has 1 unspecified atom stereocenters. The molecule has 0 bridgehead atoms. The van der Waals surface area contributed by atoms with E-state index in [9.17, 15) is 38.3 Å². The number of amides is 2. The Hall–Kier alpha value is -5.63. The van der Waals surface area contributed by atoms with Crippen LogP contribution in [0, 0.1) is 32.8 Å². The molecular formula is C42H57N7O10S. The Kier molecular flexibility index (Phi) is 20.6. The van der Waals surface area contributed by atoms with Crippen molar-refractivity contribution in [2.24, 2.45) is 0 Å². The number of aliphatic hydroxyl groups excluding tert-OH is 2. The number of carbonyl (C=O) groups is 2. The molecule has 3 rings (SSSR count). The number of aliphatic hydroxyl groups is 2. The first kappa shape index (κ1) is 50.5. The van der Waals surface area contributed by atoms with Crippen LogP contribution < -0.4 is 16.0 Å². The van der Waals surface area contributed by atoms with Crippen LogP contribution in [0.5, 0.6) is 0 Å².